The maximum absolute atomic E-state index is 10.5. The van der Waals surface area contributed by atoms with Gasteiger partial charge in [0.15, 0.2) is 0 Å². The van der Waals surface area contributed by atoms with Gasteiger partial charge in [-0.25, -0.2) is 14.1 Å². The van der Waals surface area contributed by atoms with Gasteiger partial charge in [-0.3, -0.25) is 0 Å². The van der Waals surface area contributed by atoms with Crippen LogP contribution in [-0.2, 0) is 9.92 Å². The predicted molar refractivity (Wildman–Crippen MR) is 35.1 cm³/mol. The van der Waals surface area contributed by atoms with Crippen LogP contribution in [-0.4, -0.2) is 23.5 Å². The van der Waals surface area contributed by atoms with Gasteiger partial charge in [-0.05, 0) is 0 Å². The van der Waals surface area contributed by atoms with E-state index in [1.54, 1.807) is 0 Å². The number of carbonyl (C=O) groups excluding carboxylic acids is 1. The standard InChI is InChI=1S/C3H9N3O2S/c1-5-3(7)6-9(2,4)8/h1-2H3,(H3,4,5,6,7,8). The number of hydrogen-bond donors (Lipinski definition) is 2. The molecule has 6 heteroatoms. The fraction of sp³-hybridized carbons (Fsp3) is 0.667. The summed E-state index contributed by atoms with van der Waals surface area (Å²) in [5, 5.41) is 7.07. The Morgan fingerprint density at radius 1 is 1.78 bits per heavy atom. The molecule has 0 saturated carbocycles. The lowest BCUT2D eigenvalue weighted by atomic mass is 11.0. The summed E-state index contributed by atoms with van der Waals surface area (Å²) in [4.78, 5) is 10.3. The normalized spacial score (nSPS) is 15.9. The molecule has 0 heterocycles. The van der Waals surface area contributed by atoms with Gasteiger partial charge in [0.1, 0.15) is 9.92 Å². The molecule has 9 heavy (non-hydrogen) atoms. The third-order valence-corrected chi connectivity index (χ3v) is 1.01. The number of hydrogen-bond acceptors (Lipinski definition) is 2. The lowest BCUT2D eigenvalue weighted by Crippen LogP contribution is -2.18. The van der Waals surface area contributed by atoms with Crippen LogP contribution in [0.4, 0.5) is 4.79 Å². The van der Waals surface area contributed by atoms with Crippen LogP contribution < -0.4 is 10.5 Å². The van der Waals surface area contributed by atoms with Crippen molar-refractivity contribution in [2.24, 2.45) is 9.50 Å². The van der Waals surface area contributed by atoms with Gasteiger partial charge in [0.25, 0.3) is 0 Å². The summed E-state index contributed by atoms with van der Waals surface area (Å²) in [6.45, 7) is 0. The van der Waals surface area contributed by atoms with Gasteiger partial charge < -0.3 is 5.32 Å². The van der Waals surface area contributed by atoms with Crippen LogP contribution in [0.5, 0.6) is 0 Å². The van der Waals surface area contributed by atoms with Crippen molar-refractivity contribution in [1.29, 1.82) is 0 Å². The highest BCUT2D eigenvalue weighted by Gasteiger charge is 1.94. The molecular formula is C3H9N3O2S. The lowest BCUT2D eigenvalue weighted by Gasteiger charge is -1.91. The Bertz CT molecular complexity index is 207. The van der Waals surface area contributed by atoms with E-state index in [1.165, 1.54) is 13.3 Å². The number of rotatable bonds is 0. The SMILES string of the molecule is CNC(=O)N=S(C)(N)=O. The molecule has 3 N–H and O–H groups in total. The van der Waals surface area contributed by atoms with Crippen molar-refractivity contribution in [1.82, 2.24) is 5.32 Å². The summed E-state index contributed by atoms with van der Waals surface area (Å²) in [5.74, 6) is 0. The second kappa shape index (κ2) is 2.79. The molecule has 0 aromatic heterocycles. The van der Waals surface area contributed by atoms with Crippen LogP contribution in [0.25, 0.3) is 0 Å². The van der Waals surface area contributed by atoms with Crippen molar-refractivity contribution in [3.63, 3.8) is 0 Å². The van der Waals surface area contributed by atoms with E-state index in [1.807, 2.05) is 0 Å². The maximum atomic E-state index is 10.5. The van der Waals surface area contributed by atoms with Gasteiger partial charge in [0.05, 0.1) is 0 Å². The first kappa shape index (κ1) is 8.38. The van der Waals surface area contributed by atoms with Gasteiger partial charge in [-0.1, -0.05) is 0 Å². The minimum atomic E-state index is -2.77. The largest absolute Gasteiger partial charge is 0.349 e. The van der Waals surface area contributed by atoms with Crippen LogP contribution in [0.15, 0.2) is 4.36 Å². The van der Waals surface area contributed by atoms with E-state index < -0.39 is 15.9 Å². The lowest BCUT2D eigenvalue weighted by molar-refractivity contribution is 0.251. The zero-order chi connectivity index (χ0) is 7.49. The Labute approximate surface area is 53.9 Å². The van der Waals surface area contributed by atoms with Gasteiger partial charge in [-0.2, -0.15) is 0 Å². The molecule has 5 nitrogen and oxygen atoms in total. The molecule has 1 unspecified atom stereocenters. The molecule has 0 rings (SSSR count). The second-order valence-corrected chi connectivity index (χ2v) is 3.41. The summed E-state index contributed by atoms with van der Waals surface area (Å²) in [6, 6.07) is -0.662. The average Bonchev–Trinajstić information content (AvgIpc) is 1.62. The van der Waals surface area contributed by atoms with Crippen LogP contribution in [0.2, 0.25) is 0 Å². The molecule has 54 valence electrons. The van der Waals surface area contributed by atoms with Crippen molar-refractivity contribution in [2.45, 2.75) is 0 Å². The number of nitrogens with two attached hydrogens (primary N) is 1. The molecule has 1 atom stereocenters. The maximum Gasteiger partial charge on any atom is 0.349 e. The molecule has 0 radical (unpaired) electrons. The van der Waals surface area contributed by atoms with Crippen molar-refractivity contribution in [3.8, 4) is 0 Å². The second-order valence-electron chi connectivity index (χ2n) is 1.51. The van der Waals surface area contributed by atoms with Crippen molar-refractivity contribution < 1.29 is 9.00 Å². The average molecular weight is 151 g/mol. The first-order chi connectivity index (χ1) is 3.95. The van der Waals surface area contributed by atoms with E-state index >= 15 is 0 Å². The van der Waals surface area contributed by atoms with Crippen LogP contribution in [0.3, 0.4) is 0 Å². The predicted octanol–water partition coefficient (Wildman–Crippen LogP) is -0.703. The van der Waals surface area contributed by atoms with E-state index in [0.29, 0.717) is 0 Å². The topological polar surface area (TPSA) is 84.6 Å². The Morgan fingerprint density at radius 3 is 2.33 bits per heavy atom. The number of carbonyl (C=O) groups is 1. The number of nitrogens with one attached hydrogen (secondary N) is 1. The van der Waals surface area contributed by atoms with Crippen LogP contribution in [0.1, 0.15) is 0 Å². The first-order valence-corrected chi connectivity index (χ1v) is 4.16. The molecule has 0 spiro atoms. The molecule has 0 aliphatic carbocycles. The molecule has 0 aliphatic heterocycles. The Hall–Kier alpha value is -0.620. The highest BCUT2D eigenvalue weighted by atomic mass is 32.2. The highest BCUT2D eigenvalue weighted by molar-refractivity contribution is 7.90. The molecule has 0 bridgehead atoms. The quantitative estimate of drug-likeness (QED) is 0.479. The van der Waals surface area contributed by atoms with Crippen molar-refractivity contribution >= 4 is 15.9 Å². The van der Waals surface area contributed by atoms with E-state index in [-0.39, 0.29) is 0 Å². The Balaban J connectivity index is 4.33. The monoisotopic (exact) mass is 151 g/mol. The minimum absolute atomic E-state index is 0.662. The summed E-state index contributed by atoms with van der Waals surface area (Å²) < 4.78 is 13.6. The summed E-state index contributed by atoms with van der Waals surface area (Å²) in [7, 11) is -1.39. The zero-order valence-electron chi connectivity index (χ0n) is 5.25. The summed E-state index contributed by atoms with van der Waals surface area (Å²) >= 11 is 0. The molecule has 0 aliphatic rings. The summed E-state index contributed by atoms with van der Waals surface area (Å²) in [5.41, 5.74) is 0. The van der Waals surface area contributed by atoms with Crippen LogP contribution in [0, 0.1) is 0 Å². The Morgan fingerprint density at radius 2 is 2.22 bits per heavy atom. The molecule has 0 aromatic rings. The van der Waals surface area contributed by atoms with Crippen molar-refractivity contribution in [3.05, 3.63) is 0 Å². The minimum Gasteiger partial charge on any atom is -0.339 e. The molecule has 0 aromatic carbocycles. The molecule has 2 amide bonds. The van der Waals surface area contributed by atoms with Gasteiger partial charge in [-0.15, -0.1) is 4.36 Å². The number of amides is 2. The number of nitrogens with zero attached hydrogens (tertiary/aromatic N) is 1. The van der Waals surface area contributed by atoms with Gasteiger partial charge in [0.2, 0.25) is 0 Å². The van der Waals surface area contributed by atoms with E-state index in [0.717, 1.165) is 0 Å². The highest BCUT2D eigenvalue weighted by Crippen LogP contribution is 1.78. The molecule has 0 fully saturated rings. The van der Waals surface area contributed by atoms with E-state index in [2.05, 4.69) is 9.68 Å². The van der Waals surface area contributed by atoms with Crippen LogP contribution >= 0.6 is 0 Å². The third kappa shape index (κ3) is 5.25. The summed E-state index contributed by atoms with van der Waals surface area (Å²) in [6.07, 6.45) is 1.18. The van der Waals surface area contributed by atoms with Crippen molar-refractivity contribution in [2.75, 3.05) is 13.3 Å². The van der Waals surface area contributed by atoms with E-state index in [9.17, 15) is 9.00 Å². The fourth-order valence-corrected chi connectivity index (χ4v) is 0.631. The third-order valence-electron chi connectivity index (χ3n) is 0.478. The molecular weight excluding hydrogens is 142 g/mol. The smallest absolute Gasteiger partial charge is 0.339 e. The van der Waals surface area contributed by atoms with Gasteiger partial charge in [0, 0.05) is 13.3 Å². The molecule has 0 saturated heterocycles. The van der Waals surface area contributed by atoms with E-state index in [4.69, 9.17) is 5.14 Å². The Kier molecular flexibility index (Phi) is 2.60. The first-order valence-electron chi connectivity index (χ1n) is 2.17. The fourth-order valence-electron chi connectivity index (χ4n) is 0.210. The zero-order valence-corrected chi connectivity index (χ0v) is 6.07. The number of urea groups is 1. The van der Waals surface area contributed by atoms with Gasteiger partial charge >= 0.3 is 6.03 Å².